The summed E-state index contributed by atoms with van der Waals surface area (Å²) in [6.45, 7) is 0. The minimum Gasteiger partial charge on any atom is -0.504 e. The number of hydrogen-bond donors (Lipinski definition) is 1. The van der Waals surface area contributed by atoms with Crippen LogP contribution in [0.25, 0.3) is 22.6 Å². The number of hydrogen-bond acceptors (Lipinski definition) is 5. The summed E-state index contributed by atoms with van der Waals surface area (Å²) in [5, 5.41) is 9.68. The molecule has 2 aromatic heterocycles. The molecule has 0 amide bonds. The molecular formula is C19H12FN3O2. The Morgan fingerprint density at radius 1 is 1.08 bits per heavy atom. The Kier molecular flexibility index (Phi) is 3.70. The van der Waals surface area contributed by atoms with E-state index in [0.29, 0.717) is 28.2 Å². The van der Waals surface area contributed by atoms with Crippen LogP contribution in [0.15, 0.2) is 70.3 Å². The van der Waals surface area contributed by atoms with E-state index in [0.717, 1.165) is 5.56 Å². The Bertz CT molecular complexity index is 1070. The number of phenols is 1. The summed E-state index contributed by atoms with van der Waals surface area (Å²) >= 11 is 0. The lowest BCUT2D eigenvalue weighted by molar-refractivity contribution is 0.431. The van der Waals surface area contributed by atoms with Gasteiger partial charge in [-0.05, 0) is 42.5 Å². The van der Waals surface area contributed by atoms with Gasteiger partial charge in [0.15, 0.2) is 17.1 Å². The number of oxazole rings is 1. The van der Waals surface area contributed by atoms with E-state index in [1.165, 1.54) is 18.3 Å². The van der Waals surface area contributed by atoms with Crippen LogP contribution in [0.4, 0.5) is 10.1 Å². The minimum absolute atomic E-state index is 0.303. The molecular weight excluding hydrogens is 321 g/mol. The first-order valence-electron chi connectivity index (χ1n) is 7.53. The number of benzene rings is 2. The molecule has 0 aliphatic carbocycles. The molecule has 25 heavy (non-hydrogen) atoms. The number of phenolic OH excluding ortho intramolecular Hbond substituents is 1. The van der Waals surface area contributed by atoms with Gasteiger partial charge in [0.25, 0.3) is 0 Å². The first-order valence-corrected chi connectivity index (χ1v) is 7.53. The van der Waals surface area contributed by atoms with Crippen molar-refractivity contribution in [3.8, 4) is 17.2 Å². The maximum atomic E-state index is 13.3. The number of nitrogens with zero attached hydrogens (tertiary/aromatic N) is 3. The van der Waals surface area contributed by atoms with Gasteiger partial charge in [-0.2, -0.15) is 0 Å². The molecule has 0 radical (unpaired) electrons. The molecule has 4 rings (SSSR count). The monoisotopic (exact) mass is 333 g/mol. The van der Waals surface area contributed by atoms with Crippen molar-refractivity contribution in [1.29, 1.82) is 0 Å². The number of fused-ring (bicyclic) bond motifs is 1. The lowest BCUT2D eigenvalue weighted by Crippen LogP contribution is -1.85. The van der Waals surface area contributed by atoms with Crippen molar-refractivity contribution in [3.05, 3.63) is 72.3 Å². The van der Waals surface area contributed by atoms with E-state index in [2.05, 4.69) is 15.0 Å². The zero-order valence-corrected chi connectivity index (χ0v) is 12.9. The number of rotatable bonds is 3. The van der Waals surface area contributed by atoms with Crippen molar-refractivity contribution in [3.63, 3.8) is 0 Å². The number of aliphatic imine (C=N–C) groups is 1. The highest BCUT2D eigenvalue weighted by molar-refractivity contribution is 5.87. The van der Waals surface area contributed by atoms with Crippen molar-refractivity contribution in [2.45, 2.75) is 0 Å². The Balaban J connectivity index is 1.67. The average Bonchev–Trinajstić information content (AvgIpc) is 3.07. The molecule has 0 atom stereocenters. The summed E-state index contributed by atoms with van der Waals surface area (Å²) in [5.41, 5.74) is 3.05. The molecule has 0 spiro atoms. The molecule has 0 saturated heterocycles. The fourth-order valence-corrected chi connectivity index (χ4v) is 2.39. The van der Waals surface area contributed by atoms with E-state index in [4.69, 9.17) is 4.42 Å². The highest BCUT2D eigenvalue weighted by Crippen LogP contribution is 2.27. The Labute approximate surface area is 142 Å². The van der Waals surface area contributed by atoms with Crippen LogP contribution in [0.3, 0.4) is 0 Å². The first-order chi connectivity index (χ1) is 12.2. The highest BCUT2D eigenvalue weighted by atomic mass is 19.1. The van der Waals surface area contributed by atoms with Gasteiger partial charge >= 0.3 is 0 Å². The molecule has 6 heteroatoms. The molecule has 0 unspecified atom stereocenters. The maximum Gasteiger partial charge on any atom is 0.227 e. The van der Waals surface area contributed by atoms with Gasteiger partial charge in [0.05, 0.1) is 5.69 Å². The smallest absolute Gasteiger partial charge is 0.227 e. The topological polar surface area (TPSA) is 71.5 Å². The molecule has 0 aliphatic heterocycles. The minimum atomic E-state index is -0.683. The van der Waals surface area contributed by atoms with Gasteiger partial charge in [0, 0.05) is 29.7 Å². The molecule has 0 aliphatic rings. The van der Waals surface area contributed by atoms with Gasteiger partial charge < -0.3 is 9.52 Å². The zero-order valence-electron chi connectivity index (χ0n) is 12.9. The van der Waals surface area contributed by atoms with Crippen LogP contribution in [0.5, 0.6) is 5.75 Å². The van der Waals surface area contributed by atoms with E-state index in [1.807, 2.05) is 12.1 Å². The van der Waals surface area contributed by atoms with Crippen molar-refractivity contribution >= 4 is 23.0 Å². The third-order valence-electron chi connectivity index (χ3n) is 3.67. The van der Waals surface area contributed by atoms with E-state index < -0.39 is 11.6 Å². The first kappa shape index (κ1) is 15.0. The summed E-state index contributed by atoms with van der Waals surface area (Å²) in [5.74, 6) is -0.604. The van der Waals surface area contributed by atoms with Gasteiger partial charge in [0.2, 0.25) is 5.89 Å². The molecule has 2 heterocycles. The van der Waals surface area contributed by atoms with Crippen molar-refractivity contribution in [1.82, 2.24) is 9.97 Å². The second-order valence-electron chi connectivity index (χ2n) is 5.34. The van der Waals surface area contributed by atoms with E-state index in [1.54, 1.807) is 36.7 Å². The van der Waals surface area contributed by atoms with Gasteiger partial charge in [-0.1, -0.05) is 6.07 Å². The van der Waals surface area contributed by atoms with Gasteiger partial charge in [-0.25, -0.2) is 9.37 Å². The number of halogens is 1. The number of aromatic hydroxyl groups is 1. The normalized spacial score (nSPS) is 11.4. The molecule has 122 valence electrons. The highest BCUT2D eigenvalue weighted by Gasteiger charge is 2.08. The molecule has 2 aromatic carbocycles. The Morgan fingerprint density at radius 2 is 1.92 bits per heavy atom. The summed E-state index contributed by atoms with van der Waals surface area (Å²) in [4.78, 5) is 12.7. The number of pyridine rings is 1. The second kappa shape index (κ2) is 6.16. The third kappa shape index (κ3) is 2.97. The second-order valence-corrected chi connectivity index (χ2v) is 5.34. The van der Waals surface area contributed by atoms with Crippen LogP contribution in [-0.4, -0.2) is 21.3 Å². The summed E-state index contributed by atoms with van der Waals surface area (Å²) in [6, 6.07) is 13.2. The maximum absolute atomic E-state index is 13.3. The number of aromatic nitrogens is 2. The van der Waals surface area contributed by atoms with Crippen molar-refractivity contribution < 1.29 is 13.9 Å². The average molecular weight is 333 g/mol. The predicted octanol–water partition coefficient (Wildman–Crippen LogP) is 4.49. The lowest BCUT2D eigenvalue weighted by Gasteiger charge is -1.99. The molecule has 0 saturated carbocycles. The summed E-state index contributed by atoms with van der Waals surface area (Å²) in [7, 11) is 0. The summed E-state index contributed by atoms with van der Waals surface area (Å²) < 4.78 is 19.1. The fourth-order valence-electron chi connectivity index (χ4n) is 2.39. The van der Waals surface area contributed by atoms with E-state index in [9.17, 15) is 9.50 Å². The number of para-hydroxylation sites is 1. The fraction of sp³-hybridized carbons (Fsp3) is 0. The van der Waals surface area contributed by atoms with Crippen LogP contribution < -0.4 is 0 Å². The summed E-state index contributed by atoms with van der Waals surface area (Å²) in [6.07, 6.45) is 4.75. The molecule has 1 N–H and O–H groups in total. The largest absolute Gasteiger partial charge is 0.504 e. The van der Waals surface area contributed by atoms with Crippen LogP contribution in [0.2, 0.25) is 0 Å². The Hall–Kier alpha value is -3.54. The lowest BCUT2D eigenvalue weighted by atomic mass is 10.2. The SMILES string of the molecule is Oc1c(F)cccc1C=Nc1ccc2oc(-c3ccncc3)nc2c1. The van der Waals surface area contributed by atoms with Gasteiger partial charge in [0.1, 0.15) is 5.52 Å². The predicted molar refractivity (Wildman–Crippen MR) is 92.6 cm³/mol. The molecule has 4 aromatic rings. The van der Waals surface area contributed by atoms with Gasteiger partial charge in [-0.3, -0.25) is 9.98 Å². The zero-order chi connectivity index (χ0) is 17.2. The van der Waals surface area contributed by atoms with E-state index in [-0.39, 0.29) is 0 Å². The van der Waals surface area contributed by atoms with Gasteiger partial charge in [-0.15, -0.1) is 0 Å². The van der Waals surface area contributed by atoms with Crippen LogP contribution in [0, 0.1) is 5.82 Å². The van der Waals surface area contributed by atoms with Crippen molar-refractivity contribution in [2.75, 3.05) is 0 Å². The third-order valence-corrected chi connectivity index (χ3v) is 3.67. The Morgan fingerprint density at radius 3 is 2.76 bits per heavy atom. The molecule has 5 nitrogen and oxygen atoms in total. The van der Waals surface area contributed by atoms with Crippen LogP contribution >= 0.6 is 0 Å². The van der Waals surface area contributed by atoms with Crippen LogP contribution in [-0.2, 0) is 0 Å². The van der Waals surface area contributed by atoms with E-state index >= 15 is 0 Å². The molecule has 0 fully saturated rings. The van der Waals surface area contributed by atoms with Crippen LogP contribution in [0.1, 0.15) is 5.56 Å². The standard InChI is InChI=1S/C19H12FN3O2/c20-15-3-1-2-13(18(15)24)11-22-14-4-5-17-16(10-14)23-19(25-17)12-6-8-21-9-7-12/h1-11,24H. The quantitative estimate of drug-likeness (QED) is 0.561. The molecule has 0 bridgehead atoms. The van der Waals surface area contributed by atoms with Crippen molar-refractivity contribution in [2.24, 2.45) is 4.99 Å².